The maximum atomic E-state index is 12.8. The Morgan fingerprint density at radius 2 is 1.68 bits per heavy atom. The molecule has 1 atom stereocenters. The van der Waals surface area contributed by atoms with E-state index >= 15 is 0 Å². The van der Waals surface area contributed by atoms with E-state index in [0.717, 1.165) is 28.2 Å². The number of nitrogens with one attached hydrogen (secondary N) is 1. The van der Waals surface area contributed by atoms with Crippen molar-refractivity contribution >= 4 is 16.9 Å². The number of rotatable bonds is 8. The van der Waals surface area contributed by atoms with E-state index in [-0.39, 0.29) is 11.9 Å². The second-order valence-electron chi connectivity index (χ2n) is 9.22. The number of amides is 1. The summed E-state index contributed by atoms with van der Waals surface area (Å²) in [5, 5.41) is 3.11. The monoisotopic (exact) mass is 455 g/mol. The Balaban J connectivity index is 1.55. The summed E-state index contributed by atoms with van der Waals surface area (Å²) in [6, 6.07) is 21.8. The first-order chi connectivity index (χ1) is 16.3. The number of aromatic nitrogens is 2. The van der Waals surface area contributed by atoms with Crippen molar-refractivity contribution in [2.45, 2.75) is 53.1 Å². The molecule has 5 heteroatoms. The fourth-order valence-electron chi connectivity index (χ4n) is 4.20. The van der Waals surface area contributed by atoms with Crippen LogP contribution in [0, 0.1) is 13.8 Å². The molecular weight excluding hydrogens is 422 g/mol. The lowest BCUT2D eigenvalue weighted by atomic mass is 10.0. The van der Waals surface area contributed by atoms with Gasteiger partial charge in [-0.15, -0.1) is 0 Å². The summed E-state index contributed by atoms with van der Waals surface area (Å²) >= 11 is 0. The summed E-state index contributed by atoms with van der Waals surface area (Å²) in [5.41, 5.74) is 6.10. The minimum absolute atomic E-state index is 0.108. The third-order valence-electron chi connectivity index (χ3n) is 6.10. The number of nitrogens with zero attached hydrogens (tertiary/aromatic N) is 2. The molecule has 1 unspecified atom stereocenters. The molecule has 0 spiro atoms. The number of hydrogen-bond acceptors (Lipinski definition) is 3. The van der Waals surface area contributed by atoms with E-state index < -0.39 is 0 Å². The Hall–Kier alpha value is -3.60. The van der Waals surface area contributed by atoms with E-state index in [1.54, 1.807) is 0 Å². The topological polar surface area (TPSA) is 56.2 Å². The fourth-order valence-corrected chi connectivity index (χ4v) is 4.20. The normalized spacial score (nSPS) is 12.2. The van der Waals surface area contributed by atoms with Crippen LogP contribution in [0.4, 0.5) is 0 Å². The Labute approximate surface area is 201 Å². The summed E-state index contributed by atoms with van der Waals surface area (Å²) in [7, 11) is 0. The first-order valence-corrected chi connectivity index (χ1v) is 11.9. The number of carbonyl (C=O) groups is 1. The maximum absolute atomic E-state index is 12.8. The molecule has 34 heavy (non-hydrogen) atoms. The van der Waals surface area contributed by atoms with E-state index in [2.05, 4.69) is 54.9 Å². The van der Waals surface area contributed by atoms with Crippen LogP contribution < -0.4 is 10.1 Å². The number of ether oxygens (including phenoxy) is 1. The molecule has 0 bridgehead atoms. The zero-order chi connectivity index (χ0) is 24.2. The van der Waals surface area contributed by atoms with Crippen molar-refractivity contribution < 1.29 is 9.53 Å². The molecule has 1 amide bonds. The van der Waals surface area contributed by atoms with Crippen LogP contribution in [0.15, 0.2) is 66.7 Å². The van der Waals surface area contributed by atoms with Gasteiger partial charge in [0.25, 0.3) is 5.91 Å². The van der Waals surface area contributed by atoms with Crippen LogP contribution in [0.25, 0.3) is 11.0 Å². The average molecular weight is 456 g/mol. The van der Waals surface area contributed by atoms with Gasteiger partial charge in [0, 0.05) is 5.56 Å². The zero-order valence-electron chi connectivity index (χ0n) is 20.6. The standard InChI is InChI=1S/C29H33N3O2/c1-19(2)24-15-12-21(4)18-27(24)34-17-16-32-26-9-7-6-8-25(26)31-28(32)22(5)30-29(33)23-13-10-20(3)11-14-23/h6-15,18-19,22H,16-17H2,1-5H3,(H,30,33). The van der Waals surface area contributed by atoms with E-state index in [9.17, 15) is 4.79 Å². The highest BCUT2D eigenvalue weighted by Crippen LogP contribution is 2.28. The van der Waals surface area contributed by atoms with Crippen LogP contribution in [0.3, 0.4) is 0 Å². The molecule has 176 valence electrons. The second kappa shape index (κ2) is 10.1. The van der Waals surface area contributed by atoms with Crippen molar-refractivity contribution in [2.75, 3.05) is 6.61 Å². The Morgan fingerprint density at radius 1 is 0.971 bits per heavy atom. The summed E-state index contributed by atoms with van der Waals surface area (Å²) < 4.78 is 8.41. The van der Waals surface area contributed by atoms with Gasteiger partial charge in [0.15, 0.2) is 0 Å². The van der Waals surface area contributed by atoms with Crippen LogP contribution in [0.2, 0.25) is 0 Å². The molecular formula is C29H33N3O2. The number of hydrogen-bond donors (Lipinski definition) is 1. The first kappa shape index (κ1) is 23.6. The van der Waals surface area contributed by atoms with Gasteiger partial charge in [-0.1, -0.05) is 55.8 Å². The molecule has 0 aliphatic carbocycles. The van der Waals surface area contributed by atoms with Crippen LogP contribution in [-0.4, -0.2) is 22.1 Å². The minimum Gasteiger partial charge on any atom is -0.491 e. The smallest absolute Gasteiger partial charge is 0.251 e. The number of para-hydroxylation sites is 2. The predicted octanol–water partition coefficient (Wildman–Crippen LogP) is 6.35. The van der Waals surface area contributed by atoms with Gasteiger partial charge in [0.05, 0.1) is 23.6 Å². The van der Waals surface area contributed by atoms with Crippen molar-refractivity contribution in [3.8, 4) is 5.75 Å². The molecule has 0 radical (unpaired) electrons. The van der Waals surface area contributed by atoms with Crippen LogP contribution in [-0.2, 0) is 6.54 Å². The quantitative estimate of drug-likeness (QED) is 0.337. The van der Waals surface area contributed by atoms with Crippen molar-refractivity contribution in [1.82, 2.24) is 14.9 Å². The molecule has 0 saturated carbocycles. The lowest BCUT2D eigenvalue weighted by Crippen LogP contribution is -2.29. The zero-order valence-corrected chi connectivity index (χ0v) is 20.6. The summed E-state index contributed by atoms with van der Waals surface area (Å²) in [6.07, 6.45) is 0. The van der Waals surface area contributed by atoms with Crippen LogP contribution in [0.1, 0.15) is 65.6 Å². The van der Waals surface area contributed by atoms with E-state index in [0.29, 0.717) is 24.6 Å². The lowest BCUT2D eigenvalue weighted by Gasteiger charge is -2.18. The number of aryl methyl sites for hydroxylation is 2. The Morgan fingerprint density at radius 3 is 2.41 bits per heavy atom. The van der Waals surface area contributed by atoms with Gasteiger partial charge in [0.2, 0.25) is 0 Å². The largest absolute Gasteiger partial charge is 0.491 e. The van der Waals surface area contributed by atoms with Gasteiger partial charge >= 0.3 is 0 Å². The fraction of sp³-hybridized carbons (Fsp3) is 0.310. The molecule has 5 nitrogen and oxygen atoms in total. The van der Waals surface area contributed by atoms with Gasteiger partial charge in [-0.25, -0.2) is 4.98 Å². The molecule has 4 aromatic rings. The summed E-state index contributed by atoms with van der Waals surface area (Å²) in [6.45, 7) is 11.6. The maximum Gasteiger partial charge on any atom is 0.251 e. The van der Waals surface area contributed by atoms with Gasteiger partial charge < -0.3 is 14.6 Å². The molecule has 4 rings (SSSR count). The number of imidazole rings is 1. The molecule has 1 heterocycles. The molecule has 0 fully saturated rings. The van der Waals surface area contributed by atoms with Gasteiger partial charge in [-0.3, -0.25) is 4.79 Å². The highest BCUT2D eigenvalue weighted by atomic mass is 16.5. The van der Waals surface area contributed by atoms with Crippen molar-refractivity contribution in [3.05, 3.63) is 94.8 Å². The van der Waals surface area contributed by atoms with Gasteiger partial charge in [-0.2, -0.15) is 0 Å². The second-order valence-corrected chi connectivity index (χ2v) is 9.22. The summed E-state index contributed by atoms with van der Waals surface area (Å²) in [5.74, 6) is 2.03. The third kappa shape index (κ3) is 5.14. The van der Waals surface area contributed by atoms with Crippen molar-refractivity contribution in [2.24, 2.45) is 0 Å². The van der Waals surface area contributed by atoms with E-state index in [1.807, 2.05) is 56.3 Å². The Bertz CT molecular complexity index is 1290. The third-order valence-corrected chi connectivity index (χ3v) is 6.10. The van der Waals surface area contributed by atoms with Crippen LogP contribution in [0.5, 0.6) is 5.75 Å². The molecule has 1 aromatic heterocycles. The predicted molar refractivity (Wildman–Crippen MR) is 138 cm³/mol. The molecule has 0 saturated heterocycles. The first-order valence-electron chi connectivity index (χ1n) is 11.9. The van der Waals surface area contributed by atoms with Crippen molar-refractivity contribution in [3.63, 3.8) is 0 Å². The van der Waals surface area contributed by atoms with E-state index in [4.69, 9.17) is 9.72 Å². The molecule has 0 aliphatic heterocycles. The van der Waals surface area contributed by atoms with Gasteiger partial charge in [0.1, 0.15) is 18.2 Å². The van der Waals surface area contributed by atoms with Crippen molar-refractivity contribution in [1.29, 1.82) is 0 Å². The van der Waals surface area contributed by atoms with Gasteiger partial charge in [-0.05, 0) is 68.1 Å². The van der Waals surface area contributed by atoms with E-state index in [1.165, 1.54) is 11.1 Å². The lowest BCUT2D eigenvalue weighted by molar-refractivity contribution is 0.0937. The molecule has 1 N–H and O–H groups in total. The Kier molecular flexibility index (Phi) is 7.01. The highest BCUT2D eigenvalue weighted by molar-refractivity contribution is 5.94. The number of carbonyl (C=O) groups excluding carboxylic acids is 1. The van der Waals surface area contributed by atoms with Crippen LogP contribution >= 0.6 is 0 Å². The number of benzene rings is 3. The molecule has 0 aliphatic rings. The molecule has 3 aromatic carbocycles. The number of fused-ring (bicyclic) bond motifs is 1. The summed E-state index contributed by atoms with van der Waals surface area (Å²) in [4.78, 5) is 17.7. The average Bonchev–Trinajstić information content (AvgIpc) is 3.18. The SMILES string of the molecule is Cc1ccc(C(=O)NC(C)c2nc3ccccc3n2CCOc2cc(C)ccc2C(C)C)cc1. The highest BCUT2D eigenvalue weighted by Gasteiger charge is 2.19. The minimum atomic E-state index is -0.258.